The lowest BCUT2D eigenvalue weighted by molar-refractivity contribution is -0.114. The first-order chi connectivity index (χ1) is 15.6. The van der Waals surface area contributed by atoms with Gasteiger partial charge >= 0.3 is 12.2 Å². The largest absolute Gasteiger partial charge is 0.465 e. The van der Waals surface area contributed by atoms with Crippen LogP contribution in [0.1, 0.15) is 59.0 Å². The summed E-state index contributed by atoms with van der Waals surface area (Å²) in [4.78, 5) is 42.9. The number of carbonyl (C=O) groups excluding carboxylic acids is 1. The molecule has 12 heteroatoms. The molecule has 186 valence electrons. The van der Waals surface area contributed by atoms with E-state index >= 15 is 0 Å². The highest BCUT2D eigenvalue weighted by Crippen LogP contribution is 2.31. The Kier molecular flexibility index (Phi) is 8.32. The van der Waals surface area contributed by atoms with Crippen LogP contribution >= 0.6 is 22.7 Å². The molecular formula is C22H31N5O5S2. The number of nitrogens with zero attached hydrogens (tertiary/aromatic N) is 3. The summed E-state index contributed by atoms with van der Waals surface area (Å²) in [5.41, 5.74) is -1.07. The minimum absolute atomic E-state index is 0.190. The van der Waals surface area contributed by atoms with Gasteiger partial charge in [0.25, 0.3) is 0 Å². The van der Waals surface area contributed by atoms with Gasteiger partial charge in [-0.25, -0.2) is 14.6 Å². The van der Waals surface area contributed by atoms with Crippen LogP contribution in [0, 0.1) is 0 Å². The SMILES string of the molecule is CC(=O)Nc1nc(/C=C/c2ccc(NC(N(C(=O)O)C(C)(C)C)N(C(=O)O)C(C)(C)C)s2)cs1. The summed E-state index contributed by atoms with van der Waals surface area (Å²) in [6.45, 7) is 11.7. The number of hydrogen-bond donors (Lipinski definition) is 4. The van der Waals surface area contributed by atoms with Gasteiger partial charge in [0.2, 0.25) is 5.91 Å². The average molecular weight is 510 g/mol. The van der Waals surface area contributed by atoms with E-state index in [9.17, 15) is 24.6 Å². The van der Waals surface area contributed by atoms with E-state index in [1.807, 2.05) is 17.5 Å². The first kappa shape index (κ1) is 27.1. The Labute approximate surface area is 206 Å². The normalized spacial score (nSPS) is 12.1. The molecule has 2 aromatic heterocycles. The monoisotopic (exact) mass is 509 g/mol. The molecule has 3 amide bonds. The topological polar surface area (TPSA) is 135 Å². The van der Waals surface area contributed by atoms with Gasteiger partial charge in [-0.3, -0.25) is 14.6 Å². The number of carboxylic acid groups (broad SMARTS) is 2. The molecule has 0 bridgehead atoms. The second-order valence-electron chi connectivity index (χ2n) is 9.46. The third-order valence-electron chi connectivity index (χ3n) is 4.47. The van der Waals surface area contributed by atoms with Crippen molar-refractivity contribution in [2.45, 2.75) is 65.8 Å². The molecule has 0 aliphatic heterocycles. The van der Waals surface area contributed by atoms with Gasteiger partial charge in [0.05, 0.1) is 10.7 Å². The smallest absolute Gasteiger partial charge is 0.410 e. The van der Waals surface area contributed by atoms with Gasteiger partial charge < -0.3 is 20.8 Å². The quantitative estimate of drug-likeness (QED) is 0.358. The van der Waals surface area contributed by atoms with Gasteiger partial charge in [-0.1, -0.05) is 0 Å². The minimum atomic E-state index is -1.24. The fourth-order valence-corrected chi connectivity index (χ4v) is 4.70. The van der Waals surface area contributed by atoms with E-state index in [4.69, 9.17) is 0 Å². The van der Waals surface area contributed by atoms with E-state index in [0.717, 1.165) is 14.7 Å². The Morgan fingerprint density at radius 3 is 2.03 bits per heavy atom. The summed E-state index contributed by atoms with van der Waals surface area (Å²) in [6, 6.07) is 3.61. The lowest BCUT2D eigenvalue weighted by Crippen LogP contribution is -2.66. The van der Waals surface area contributed by atoms with Crippen LogP contribution in [0.5, 0.6) is 0 Å². The zero-order chi connectivity index (χ0) is 25.8. The Hall–Kier alpha value is -3.12. The van der Waals surface area contributed by atoms with Gasteiger partial charge in [0.15, 0.2) is 11.4 Å². The van der Waals surface area contributed by atoms with Crippen LogP contribution in [0.25, 0.3) is 12.2 Å². The summed E-state index contributed by atoms with van der Waals surface area (Å²) in [5.74, 6) is -0.190. The van der Waals surface area contributed by atoms with Crippen LogP contribution in [0.3, 0.4) is 0 Å². The van der Waals surface area contributed by atoms with Crippen molar-refractivity contribution in [1.29, 1.82) is 0 Å². The lowest BCUT2D eigenvalue weighted by Gasteiger charge is -2.48. The number of carbonyl (C=O) groups is 3. The van der Waals surface area contributed by atoms with Gasteiger partial charge in [0, 0.05) is 28.3 Å². The maximum atomic E-state index is 12.2. The lowest BCUT2D eigenvalue weighted by atomic mass is 10.0. The molecule has 0 unspecified atom stereocenters. The maximum absolute atomic E-state index is 12.2. The minimum Gasteiger partial charge on any atom is -0.465 e. The molecule has 0 aliphatic rings. The Balaban J connectivity index is 2.33. The van der Waals surface area contributed by atoms with Crippen molar-refractivity contribution in [1.82, 2.24) is 14.8 Å². The molecule has 0 saturated heterocycles. The highest BCUT2D eigenvalue weighted by atomic mass is 32.1. The highest BCUT2D eigenvalue weighted by molar-refractivity contribution is 7.17. The molecule has 2 heterocycles. The predicted octanol–water partition coefficient (Wildman–Crippen LogP) is 5.59. The molecule has 34 heavy (non-hydrogen) atoms. The van der Waals surface area contributed by atoms with Crippen molar-refractivity contribution in [3.63, 3.8) is 0 Å². The molecule has 0 saturated carbocycles. The number of anilines is 2. The molecule has 0 spiro atoms. The van der Waals surface area contributed by atoms with Crippen molar-refractivity contribution in [3.8, 4) is 0 Å². The Morgan fingerprint density at radius 1 is 1.00 bits per heavy atom. The second kappa shape index (κ2) is 10.4. The van der Waals surface area contributed by atoms with Gasteiger partial charge in [-0.15, -0.1) is 22.7 Å². The molecule has 2 aromatic rings. The third-order valence-corrected chi connectivity index (χ3v) is 6.23. The number of aromatic nitrogens is 1. The maximum Gasteiger partial charge on any atom is 0.410 e. The van der Waals surface area contributed by atoms with Crippen molar-refractivity contribution in [2.75, 3.05) is 10.6 Å². The Morgan fingerprint density at radius 2 is 1.56 bits per heavy atom. The van der Waals surface area contributed by atoms with E-state index in [0.29, 0.717) is 15.8 Å². The van der Waals surface area contributed by atoms with E-state index in [1.54, 1.807) is 53.7 Å². The summed E-state index contributed by atoms with van der Waals surface area (Å²) < 4.78 is 0. The van der Waals surface area contributed by atoms with Crippen LogP contribution in [-0.2, 0) is 4.79 Å². The van der Waals surface area contributed by atoms with Crippen LogP contribution < -0.4 is 10.6 Å². The molecular weight excluding hydrogens is 478 g/mol. The van der Waals surface area contributed by atoms with Crippen LogP contribution in [-0.4, -0.2) is 60.5 Å². The fraction of sp³-hybridized carbons (Fsp3) is 0.455. The van der Waals surface area contributed by atoms with Crippen LogP contribution in [0.4, 0.5) is 19.7 Å². The fourth-order valence-electron chi connectivity index (χ4n) is 3.15. The first-order valence-corrected chi connectivity index (χ1v) is 12.1. The van der Waals surface area contributed by atoms with E-state index in [1.165, 1.54) is 29.6 Å². The number of hydrogen-bond acceptors (Lipinski definition) is 7. The molecule has 0 aromatic carbocycles. The third kappa shape index (κ3) is 7.19. The van der Waals surface area contributed by atoms with Crippen LogP contribution in [0.2, 0.25) is 0 Å². The second-order valence-corrected chi connectivity index (χ2v) is 11.4. The predicted molar refractivity (Wildman–Crippen MR) is 136 cm³/mol. The molecule has 2 rings (SSSR count). The summed E-state index contributed by atoms with van der Waals surface area (Å²) in [7, 11) is 0. The van der Waals surface area contributed by atoms with Crippen molar-refractivity contribution in [2.24, 2.45) is 0 Å². The first-order valence-electron chi connectivity index (χ1n) is 10.4. The molecule has 10 nitrogen and oxygen atoms in total. The van der Waals surface area contributed by atoms with E-state index in [2.05, 4.69) is 15.6 Å². The zero-order valence-corrected chi connectivity index (χ0v) is 21.9. The average Bonchev–Trinajstić information content (AvgIpc) is 3.25. The molecule has 0 atom stereocenters. The number of thiazole rings is 1. The molecule has 0 aliphatic carbocycles. The van der Waals surface area contributed by atoms with Gasteiger partial charge in [-0.05, 0) is 65.8 Å². The summed E-state index contributed by atoms with van der Waals surface area (Å²) >= 11 is 2.66. The van der Waals surface area contributed by atoms with Gasteiger partial charge in [0.1, 0.15) is 0 Å². The zero-order valence-electron chi connectivity index (χ0n) is 20.2. The highest BCUT2D eigenvalue weighted by Gasteiger charge is 2.43. The Bertz CT molecular complexity index is 1030. The van der Waals surface area contributed by atoms with Crippen molar-refractivity contribution in [3.05, 3.63) is 28.1 Å². The number of rotatable bonds is 7. The van der Waals surface area contributed by atoms with Gasteiger partial charge in [-0.2, -0.15) is 0 Å². The van der Waals surface area contributed by atoms with E-state index in [-0.39, 0.29) is 5.91 Å². The summed E-state index contributed by atoms with van der Waals surface area (Å²) in [5, 5.41) is 28.6. The van der Waals surface area contributed by atoms with Crippen molar-refractivity contribution >= 4 is 63.1 Å². The number of thiophene rings is 1. The summed E-state index contributed by atoms with van der Waals surface area (Å²) in [6.07, 6.45) is -0.00286. The molecule has 4 N–H and O–H groups in total. The van der Waals surface area contributed by atoms with Crippen molar-refractivity contribution < 1.29 is 24.6 Å². The molecule has 0 radical (unpaired) electrons. The van der Waals surface area contributed by atoms with E-state index < -0.39 is 29.6 Å². The number of nitrogens with one attached hydrogen (secondary N) is 2. The van der Waals surface area contributed by atoms with Crippen LogP contribution in [0.15, 0.2) is 17.5 Å². The standard InChI is InChI=1S/C22H31N5O5S2/c1-13(28)23-17-24-14(12-33-17)8-9-15-10-11-16(34-15)25-18(26(19(29)30)21(2,3)4)27(20(31)32)22(5,6)7/h8-12,18,25H,1-7H3,(H,29,30)(H,31,32)(H,23,24,28)/b9-8+. The molecule has 0 fully saturated rings. The number of amides is 3.